The first-order valence-electron chi connectivity index (χ1n) is 10.6. The highest BCUT2D eigenvalue weighted by molar-refractivity contribution is 6.23. The fourth-order valence-electron chi connectivity index (χ4n) is 4.45. The number of rotatable bonds is 4. The van der Waals surface area contributed by atoms with Gasteiger partial charge >= 0.3 is 0 Å². The van der Waals surface area contributed by atoms with Gasteiger partial charge in [0.05, 0.1) is 17.4 Å². The van der Waals surface area contributed by atoms with Gasteiger partial charge in [0, 0.05) is 0 Å². The molecule has 0 unspecified atom stereocenters. The zero-order valence-corrected chi connectivity index (χ0v) is 17.6. The van der Waals surface area contributed by atoms with E-state index < -0.39 is 12.0 Å². The van der Waals surface area contributed by atoms with Crippen molar-refractivity contribution in [3.8, 4) is 0 Å². The van der Waals surface area contributed by atoms with Crippen LogP contribution in [-0.2, 0) is 20.8 Å². The third kappa shape index (κ3) is 3.22. The van der Waals surface area contributed by atoms with Crippen LogP contribution in [-0.4, -0.2) is 17.9 Å². The van der Waals surface area contributed by atoms with Crippen LogP contribution >= 0.6 is 0 Å². The summed E-state index contributed by atoms with van der Waals surface area (Å²) in [6.07, 6.45) is 0.0581. The maximum absolute atomic E-state index is 13.6. The van der Waals surface area contributed by atoms with E-state index in [4.69, 9.17) is 4.84 Å². The molecule has 5 heteroatoms. The summed E-state index contributed by atoms with van der Waals surface area (Å²) in [6, 6.07) is 24.9. The molecule has 5 rings (SSSR count). The highest BCUT2D eigenvalue weighted by atomic mass is 16.7. The average molecular weight is 412 g/mol. The smallest absolute Gasteiger partial charge is 0.266 e. The highest BCUT2D eigenvalue weighted by Crippen LogP contribution is 2.47. The van der Waals surface area contributed by atoms with Gasteiger partial charge in [0.1, 0.15) is 5.92 Å². The number of benzene rings is 3. The van der Waals surface area contributed by atoms with Crippen molar-refractivity contribution < 1.29 is 14.4 Å². The number of hydroxylamine groups is 1. The van der Waals surface area contributed by atoms with Gasteiger partial charge in [-0.1, -0.05) is 67.1 Å². The van der Waals surface area contributed by atoms with Crippen LogP contribution in [0.15, 0.2) is 78.9 Å². The number of hydrogen-bond donors (Lipinski definition) is 0. The second kappa shape index (κ2) is 7.67. The van der Waals surface area contributed by atoms with Gasteiger partial charge in [-0.2, -0.15) is 0 Å². The van der Waals surface area contributed by atoms with E-state index in [-0.39, 0.29) is 17.9 Å². The van der Waals surface area contributed by atoms with Gasteiger partial charge in [0.2, 0.25) is 5.91 Å². The summed E-state index contributed by atoms with van der Waals surface area (Å²) in [5.41, 5.74) is 4.66. The lowest BCUT2D eigenvalue weighted by atomic mass is 9.90. The Balaban J connectivity index is 1.56. The summed E-state index contributed by atoms with van der Waals surface area (Å²) >= 11 is 0. The molecule has 31 heavy (non-hydrogen) atoms. The monoisotopic (exact) mass is 412 g/mol. The van der Waals surface area contributed by atoms with E-state index in [2.05, 4.69) is 6.92 Å². The minimum absolute atomic E-state index is 0.219. The molecular weight excluding hydrogens is 388 g/mol. The molecule has 0 radical (unpaired) electrons. The van der Waals surface area contributed by atoms with Gasteiger partial charge in [-0.05, 0) is 48.7 Å². The van der Waals surface area contributed by atoms with Crippen molar-refractivity contribution in [2.45, 2.75) is 32.4 Å². The van der Waals surface area contributed by atoms with Crippen molar-refractivity contribution in [3.05, 3.63) is 95.6 Å². The van der Waals surface area contributed by atoms with Gasteiger partial charge in [-0.15, -0.1) is 0 Å². The summed E-state index contributed by atoms with van der Waals surface area (Å²) in [5, 5.41) is 1.73. The van der Waals surface area contributed by atoms with Crippen molar-refractivity contribution in [1.29, 1.82) is 0 Å². The molecule has 2 amide bonds. The molecule has 2 heterocycles. The molecule has 3 aromatic carbocycles. The van der Waals surface area contributed by atoms with Crippen molar-refractivity contribution in [2.24, 2.45) is 5.92 Å². The van der Waals surface area contributed by atoms with Crippen LogP contribution in [0.25, 0.3) is 0 Å². The number of hydrogen-bond acceptors (Lipinski definition) is 4. The fraction of sp³-hybridized carbons (Fsp3) is 0.231. The molecule has 0 aromatic heterocycles. The third-order valence-corrected chi connectivity index (χ3v) is 6.15. The van der Waals surface area contributed by atoms with E-state index in [1.807, 2.05) is 85.8 Å². The Kier molecular flexibility index (Phi) is 4.83. The number of aryl methyl sites for hydroxylation is 2. The number of carbonyl (C=O) groups excluding carboxylic acids is 2. The zero-order valence-electron chi connectivity index (χ0n) is 17.6. The number of imide groups is 1. The summed E-state index contributed by atoms with van der Waals surface area (Å²) < 4.78 is 0. The summed E-state index contributed by atoms with van der Waals surface area (Å²) in [5.74, 6) is -1.14. The Labute approximate surface area is 181 Å². The lowest BCUT2D eigenvalue weighted by Gasteiger charge is -2.28. The molecule has 0 spiro atoms. The molecule has 2 aliphatic heterocycles. The van der Waals surface area contributed by atoms with Crippen LogP contribution < -0.4 is 9.96 Å². The van der Waals surface area contributed by atoms with Crippen LogP contribution in [0, 0.1) is 12.8 Å². The van der Waals surface area contributed by atoms with Crippen LogP contribution in [0.5, 0.6) is 0 Å². The molecule has 0 aliphatic carbocycles. The number of amides is 2. The first-order valence-corrected chi connectivity index (χ1v) is 10.6. The third-order valence-electron chi connectivity index (χ3n) is 6.15. The average Bonchev–Trinajstić information content (AvgIpc) is 3.31. The highest BCUT2D eigenvalue weighted by Gasteiger charge is 2.60. The molecule has 2 saturated heterocycles. The zero-order chi connectivity index (χ0) is 21.5. The lowest BCUT2D eigenvalue weighted by Crippen LogP contribution is -2.37. The van der Waals surface area contributed by atoms with Gasteiger partial charge in [-0.3, -0.25) is 14.4 Å². The predicted molar refractivity (Wildman–Crippen MR) is 120 cm³/mol. The van der Waals surface area contributed by atoms with Gasteiger partial charge in [0.15, 0.2) is 6.10 Å². The topological polar surface area (TPSA) is 49.9 Å². The Bertz CT molecular complexity index is 1110. The Morgan fingerprint density at radius 1 is 0.806 bits per heavy atom. The fourth-order valence-corrected chi connectivity index (χ4v) is 4.45. The van der Waals surface area contributed by atoms with Crippen molar-refractivity contribution in [2.75, 3.05) is 9.96 Å². The molecule has 0 N–H and O–H groups in total. The van der Waals surface area contributed by atoms with E-state index in [9.17, 15) is 9.59 Å². The summed E-state index contributed by atoms with van der Waals surface area (Å²) in [6.45, 7) is 4.10. The normalized spacial score (nSPS) is 22.8. The number of anilines is 2. The Hall–Kier alpha value is -3.44. The maximum Gasteiger partial charge on any atom is 0.266 e. The SMILES string of the molecule is CCc1ccc(N2C(=O)[C@@H]3[C@@H](ON(c4ccccc4)[C@H]3c3ccc(C)cc3)C2=O)cc1. The van der Waals surface area contributed by atoms with Crippen molar-refractivity contribution in [3.63, 3.8) is 0 Å². The predicted octanol–water partition coefficient (Wildman–Crippen LogP) is 4.61. The van der Waals surface area contributed by atoms with E-state index in [0.717, 1.165) is 28.8 Å². The Morgan fingerprint density at radius 2 is 1.48 bits per heavy atom. The standard InChI is InChI=1S/C26H24N2O3/c1-3-18-11-15-20(16-12-18)27-25(29)22-23(19-13-9-17(2)10-14-19)28(31-24(22)26(27)30)21-7-5-4-6-8-21/h4-16,22-24H,3H2,1-2H3/t22-,23-,24+/m0/s1. The summed E-state index contributed by atoms with van der Waals surface area (Å²) in [7, 11) is 0. The van der Waals surface area contributed by atoms with E-state index in [1.165, 1.54) is 4.90 Å². The molecule has 2 fully saturated rings. The van der Waals surface area contributed by atoms with Crippen LogP contribution in [0.4, 0.5) is 11.4 Å². The summed E-state index contributed by atoms with van der Waals surface area (Å²) in [4.78, 5) is 34.4. The van der Waals surface area contributed by atoms with Gasteiger partial charge < -0.3 is 0 Å². The number of carbonyl (C=O) groups is 2. The van der Waals surface area contributed by atoms with Crippen LogP contribution in [0.3, 0.4) is 0 Å². The minimum Gasteiger partial charge on any atom is -0.273 e. The first-order chi connectivity index (χ1) is 15.1. The second-order valence-electron chi connectivity index (χ2n) is 8.10. The second-order valence-corrected chi connectivity index (χ2v) is 8.10. The number of fused-ring (bicyclic) bond motifs is 1. The van der Waals surface area contributed by atoms with E-state index in [0.29, 0.717) is 5.69 Å². The first kappa shape index (κ1) is 19.5. The number of nitrogens with zero attached hydrogens (tertiary/aromatic N) is 2. The molecule has 0 saturated carbocycles. The molecule has 156 valence electrons. The molecular formula is C26H24N2O3. The van der Waals surface area contributed by atoms with E-state index in [1.54, 1.807) is 5.06 Å². The van der Waals surface area contributed by atoms with Gasteiger partial charge in [-0.25, -0.2) is 9.96 Å². The van der Waals surface area contributed by atoms with Crippen molar-refractivity contribution in [1.82, 2.24) is 0 Å². The Morgan fingerprint density at radius 3 is 2.13 bits per heavy atom. The minimum atomic E-state index is -0.843. The maximum atomic E-state index is 13.6. The van der Waals surface area contributed by atoms with Crippen molar-refractivity contribution >= 4 is 23.2 Å². The van der Waals surface area contributed by atoms with Gasteiger partial charge in [0.25, 0.3) is 5.91 Å². The molecule has 3 aromatic rings. The largest absolute Gasteiger partial charge is 0.273 e. The molecule has 5 nitrogen and oxygen atoms in total. The molecule has 2 aliphatic rings. The van der Waals surface area contributed by atoms with E-state index >= 15 is 0 Å². The van der Waals surface area contributed by atoms with Crippen LogP contribution in [0.2, 0.25) is 0 Å². The quantitative estimate of drug-likeness (QED) is 0.588. The number of para-hydroxylation sites is 1. The molecule has 3 atom stereocenters. The molecule has 0 bridgehead atoms. The van der Waals surface area contributed by atoms with Crippen LogP contribution in [0.1, 0.15) is 29.7 Å². The lowest BCUT2D eigenvalue weighted by molar-refractivity contribution is -0.126.